The Morgan fingerprint density at radius 1 is 1.36 bits per heavy atom. The van der Waals surface area contributed by atoms with Gasteiger partial charge in [0.05, 0.1) is 18.2 Å². The Bertz CT molecular complexity index is 385. The molecular formula is C17H31N3O2. The zero-order valence-corrected chi connectivity index (χ0v) is 14.1. The van der Waals surface area contributed by atoms with E-state index in [0.29, 0.717) is 6.04 Å². The predicted molar refractivity (Wildman–Crippen MR) is 86.8 cm³/mol. The molecule has 2 heterocycles. The SMILES string of the molecule is CC1(C)CN(CCNC(=O)C2CC3CCCCC3N2)CCO1. The van der Waals surface area contributed by atoms with Crippen molar-refractivity contribution in [1.82, 2.24) is 15.5 Å². The van der Waals surface area contributed by atoms with E-state index >= 15 is 0 Å². The molecule has 22 heavy (non-hydrogen) atoms. The van der Waals surface area contributed by atoms with Gasteiger partial charge in [-0.1, -0.05) is 12.8 Å². The van der Waals surface area contributed by atoms with Gasteiger partial charge in [-0.15, -0.1) is 0 Å². The van der Waals surface area contributed by atoms with E-state index in [2.05, 4.69) is 29.4 Å². The Hall–Kier alpha value is -0.650. The van der Waals surface area contributed by atoms with Gasteiger partial charge in [-0.3, -0.25) is 9.69 Å². The van der Waals surface area contributed by atoms with Crippen molar-refractivity contribution in [2.45, 2.75) is 63.6 Å². The predicted octanol–water partition coefficient (Wildman–Crippen LogP) is 1.13. The molecule has 5 nitrogen and oxygen atoms in total. The van der Waals surface area contributed by atoms with Gasteiger partial charge < -0.3 is 15.4 Å². The summed E-state index contributed by atoms with van der Waals surface area (Å²) in [5.41, 5.74) is -0.0645. The molecule has 2 aliphatic heterocycles. The van der Waals surface area contributed by atoms with Gasteiger partial charge in [0.2, 0.25) is 5.91 Å². The molecule has 3 unspecified atom stereocenters. The van der Waals surface area contributed by atoms with Crippen molar-refractivity contribution < 1.29 is 9.53 Å². The van der Waals surface area contributed by atoms with Crippen molar-refractivity contribution in [2.24, 2.45) is 5.92 Å². The fraction of sp³-hybridized carbons (Fsp3) is 0.941. The smallest absolute Gasteiger partial charge is 0.237 e. The second-order valence-electron chi connectivity index (χ2n) is 7.78. The van der Waals surface area contributed by atoms with Crippen LogP contribution < -0.4 is 10.6 Å². The van der Waals surface area contributed by atoms with E-state index in [0.717, 1.165) is 45.1 Å². The normalized spacial score (nSPS) is 35.1. The van der Waals surface area contributed by atoms with Gasteiger partial charge >= 0.3 is 0 Å². The summed E-state index contributed by atoms with van der Waals surface area (Å²) in [7, 11) is 0. The van der Waals surface area contributed by atoms with E-state index < -0.39 is 0 Å². The highest BCUT2D eigenvalue weighted by Crippen LogP contribution is 2.33. The van der Waals surface area contributed by atoms with Crippen LogP contribution in [0.4, 0.5) is 0 Å². The van der Waals surface area contributed by atoms with Crippen molar-refractivity contribution >= 4 is 5.91 Å². The molecule has 0 radical (unpaired) electrons. The molecule has 2 saturated heterocycles. The minimum atomic E-state index is -0.0645. The van der Waals surface area contributed by atoms with Crippen molar-refractivity contribution in [2.75, 3.05) is 32.8 Å². The summed E-state index contributed by atoms with van der Waals surface area (Å²) >= 11 is 0. The van der Waals surface area contributed by atoms with Crippen LogP contribution in [0.5, 0.6) is 0 Å². The summed E-state index contributed by atoms with van der Waals surface area (Å²) in [6.45, 7) is 8.60. The van der Waals surface area contributed by atoms with Crippen molar-refractivity contribution in [3.05, 3.63) is 0 Å². The maximum absolute atomic E-state index is 12.3. The number of fused-ring (bicyclic) bond motifs is 1. The standard InChI is InChI=1S/C17H31N3O2/c1-17(2)12-20(9-10-22-17)8-7-18-16(21)15-11-13-5-3-4-6-14(13)19-15/h13-15,19H,3-12H2,1-2H3,(H,18,21). The highest BCUT2D eigenvalue weighted by Gasteiger charge is 2.38. The van der Waals surface area contributed by atoms with Crippen LogP contribution in [0.1, 0.15) is 46.0 Å². The highest BCUT2D eigenvalue weighted by molar-refractivity contribution is 5.82. The van der Waals surface area contributed by atoms with Crippen molar-refractivity contribution in [1.29, 1.82) is 0 Å². The summed E-state index contributed by atoms with van der Waals surface area (Å²) < 4.78 is 5.72. The number of morpholine rings is 1. The molecule has 3 atom stereocenters. The van der Waals surface area contributed by atoms with E-state index in [9.17, 15) is 4.79 Å². The van der Waals surface area contributed by atoms with Crippen LogP contribution in [0, 0.1) is 5.92 Å². The molecule has 0 aromatic rings. The number of nitrogens with zero attached hydrogens (tertiary/aromatic N) is 1. The van der Waals surface area contributed by atoms with E-state index in [-0.39, 0.29) is 17.6 Å². The largest absolute Gasteiger partial charge is 0.373 e. The summed E-state index contributed by atoms with van der Waals surface area (Å²) in [5.74, 6) is 0.923. The highest BCUT2D eigenvalue weighted by atomic mass is 16.5. The van der Waals surface area contributed by atoms with Gasteiger partial charge in [-0.05, 0) is 39.0 Å². The molecule has 1 aliphatic carbocycles. The average Bonchev–Trinajstić information content (AvgIpc) is 2.90. The molecule has 0 aromatic carbocycles. The molecule has 126 valence electrons. The lowest BCUT2D eigenvalue weighted by Crippen LogP contribution is -2.51. The zero-order chi connectivity index (χ0) is 15.6. The van der Waals surface area contributed by atoms with Crippen LogP contribution in [-0.2, 0) is 9.53 Å². The molecular weight excluding hydrogens is 278 g/mol. The number of nitrogens with one attached hydrogen (secondary N) is 2. The Morgan fingerprint density at radius 2 is 2.18 bits per heavy atom. The van der Waals surface area contributed by atoms with Gasteiger partial charge in [0.25, 0.3) is 0 Å². The Labute approximate surface area is 134 Å². The summed E-state index contributed by atoms with van der Waals surface area (Å²) in [4.78, 5) is 14.7. The van der Waals surface area contributed by atoms with Gasteiger partial charge in [-0.2, -0.15) is 0 Å². The lowest BCUT2D eigenvalue weighted by atomic mass is 9.85. The number of hydrogen-bond donors (Lipinski definition) is 2. The van der Waals surface area contributed by atoms with Crippen LogP contribution in [0.25, 0.3) is 0 Å². The third-order valence-corrected chi connectivity index (χ3v) is 5.41. The molecule has 3 fully saturated rings. The molecule has 1 amide bonds. The fourth-order valence-corrected chi connectivity index (χ4v) is 4.29. The number of hydrogen-bond acceptors (Lipinski definition) is 4. The van der Waals surface area contributed by atoms with Gasteiger partial charge in [0.15, 0.2) is 0 Å². The van der Waals surface area contributed by atoms with Gasteiger partial charge in [-0.25, -0.2) is 0 Å². The number of amides is 1. The van der Waals surface area contributed by atoms with E-state index in [1.807, 2.05) is 0 Å². The Morgan fingerprint density at radius 3 is 2.95 bits per heavy atom. The first-order valence-corrected chi connectivity index (χ1v) is 8.94. The monoisotopic (exact) mass is 309 g/mol. The second kappa shape index (κ2) is 6.85. The quantitative estimate of drug-likeness (QED) is 0.817. The molecule has 0 bridgehead atoms. The van der Waals surface area contributed by atoms with Crippen LogP contribution in [0.3, 0.4) is 0 Å². The molecule has 2 N–H and O–H groups in total. The van der Waals surface area contributed by atoms with Gasteiger partial charge in [0.1, 0.15) is 0 Å². The minimum absolute atomic E-state index is 0.0363. The molecule has 3 aliphatic rings. The first-order valence-electron chi connectivity index (χ1n) is 8.94. The third-order valence-electron chi connectivity index (χ3n) is 5.41. The number of rotatable bonds is 4. The van der Waals surface area contributed by atoms with Crippen LogP contribution in [-0.4, -0.2) is 61.3 Å². The number of ether oxygens (including phenoxy) is 1. The number of carbonyl (C=O) groups is 1. The summed E-state index contributed by atoms with van der Waals surface area (Å²) in [6, 6.07) is 0.624. The van der Waals surface area contributed by atoms with Crippen LogP contribution in [0.2, 0.25) is 0 Å². The minimum Gasteiger partial charge on any atom is -0.373 e. The first-order chi connectivity index (χ1) is 10.5. The summed E-state index contributed by atoms with van der Waals surface area (Å²) in [6.07, 6.45) is 6.22. The first kappa shape index (κ1) is 16.2. The second-order valence-corrected chi connectivity index (χ2v) is 7.78. The van der Waals surface area contributed by atoms with Crippen LogP contribution >= 0.6 is 0 Å². The summed E-state index contributed by atoms with van der Waals surface area (Å²) in [5, 5.41) is 6.67. The third kappa shape index (κ3) is 4.00. The van der Waals surface area contributed by atoms with Gasteiger partial charge in [0, 0.05) is 32.2 Å². The number of carbonyl (C=O) groups excluding carboxylic acids is 1. The van der Waals surface area contributed by atoms with E-state index in [1.165, 1.54) is 25.7 Å². The lowest BCUT2D eigenvalue weighted by molar-refractivity contribution is -0.123. The fourth-order valence-electron chi connectivity index (χ4n) is 4.29. The molecule has 1 saturated carbocycles. The van der Waals surface area contributed by atoms with Crippen molar-refractivity contribution in [3.8, 4) is 0 Å². The zero-order valence-electron chi connectivity index (χ0n) is 14.1. The molecule has 3 rings (SSSR count). The Kier molecular flexibility index (Phi) is 5.05. The Balaban J connectivity index is 1.38. The average molecular weight is 309 g/mol. The maximum atomic E-state index is 12.3. The van der Waals surface area contributed by atoms with E-state index in [1.54, 1.807) is 0 Å². The molecule has 0 aromatic heterocycles. The van der Waals surface area contributed by atoms with E-state index in [4.69, 9.17) is 4.74 Å². The lowest BCUT2D eigenvalue weighted by Gasteiger charge is -2.38. The maximum Gasteiger partial charge on any atom is 0.237 e. The topological polar surface area (TPSA) is 53.6 Å². The molecule has 0 spiro atoms. The van der Waals surface area contributed by atoms with Crippen LogP contribution in [0.15, 0.2) is 0 Å². The molecule has 5 heteroatoms. The van der Waals surface area contributed by atoms with Crippen molar-refractivity contribution in [3.63, 3.8) is 0 Å².